The van der Waals surface area contributed by atoms with E-state index in [4.69, 9.17) is 4.74 Å². The minimum absolute atomic E-state index is 0.0200. The van der Waals surface area contributed by atoms with Crippen molar-refractivity contribution >= 4 is 23.3 Å². The molecule has 26 heavy (non-hydrogen) atoms. The number of nitrogens with one attached hydrogen (secondary N) is 2. The van der Waals surface area contributed by atoms with E-state index in [1.165, 1.54) is 37.0 Å². The molecular weight excluding hydrogens is 348 g/mol. The standard InChI is InChI=1S/C19H30N4O2S/c1-5-25-18(24)16-11(2)22-17(26-16)12(3)23-19(20-4)21-10-15(13-6-7-13)14-8-9-14/h12-15H,5-10H2,1-4H3,(H2,20,21,23). The first-order valence-corrected chi connectivity index (χ1v) is 10.5. The van der Waals surface area contributed by atoms with Gasteiger partial charge < -0.3 is 15.4 Å². The van der Waals surface area contributed by atoms with E-state index in [0.717, 1.165) is 41.0 Å². The number of aromatic nitrogens is 1. The summed E-state index contributed by atoms with van der Waals surface area (Å²) in [6, 6.07) is -0.0200. The SMILES string of the molecule is CCOC(=O)c1sc(C(C)NC(=NC)NCC(C2CC2)C2CC2)nc1C. The van der Waals surface area contributed by atoms with Gasteiger partial charge in [0, 0.05) is 13.6 Å². The van der Waals surface area contributed by atoms with Gasteiger partial charge in [0.1, 0.15) is 9.88 Å². The lowest BCUT2D eigenvalue weighted by Crippen LogP contribution is -2.41. The maximum atomic E-state index is 12.0. The van der Waals surface area contributed by atoms with Crippen molar-refractivity contribution in [1.82, 2.24) is 15.6 Å². The molecule has 1 atom stereocenters. The van der Waals surface area contributed by atoms with Crippen LogP contribution in [-0.4, -0.2) is 37.1 Å². The van der Waals surface area contributed by atoms with Crippen molar-refractivity contribution < 1.29 is 9.53 Å². The molecule has 1 unspecified atom stereocenters. The number of guanidine groups is 1. The predicted molar refractivity (Wildman–Crippen MR) is 105 cm³/mol. The van der Waals surface area contributed by atoms with Crippen LogP contribution >= 0.6 is 11.3 Å². The quantitative estimate of drug-likeness (QED) is 0.412. The molecule has 2 aliphatic rings. The average molecular weight is 379 g/mol. The lowest BCUT2D eigenvalue weighted by molar-refractivity contribution is 0.0531. The van der Waals surface area contributed by atoms with E-state index in [1.54, 1.807) is 7.05 Å². The summed E-state index contributed by atoms with van der Waals surface area (Å²) in [6.07, 6.45) is 5.56. The molecule has 1 aromatic heterocycles. The van der Waals surface area contributed by atoms with Crippen LogP contribution in [0.5, 0.6) is 0 Å². The number of hydrogen-bond donors (Lipinski definition) is 2. The summed E-state index contributed by atoms with van der Waals surface area (Å²) in [5, 5.41) is 7.77. The van der Waals surface area contributed by atoms with Crippen LogP contribution in [0.25, 0.3) is 0 Å². The lowest BCUT2D eigenvalue weighted by atomic mass is 9.98. The van der Waals surface area contributed by atoms with Gasteiger partial charge in [0.2, 0.25) is 0 Å². The summed E-state index contributed by atoms with van der Waals surface area (Å²) < 4.78 is 5.10. The summed E-state index contributed by atoms with van der Waals surface area (Å²) in [5.41, 5.74) is 0.725. The number of carbonyl (C=O) groups is 1. The molecular formula is C19H30N4O2S. The minimum Gasteiger partial charge on any atom is -0.462 e. The molecule has 2 aliphatic carbocycles. The summed E-state index contributed by atoms with van der Waals surface area (Å²) in [5.74, 6) is 3.13. The van der Waals surface area contributed by atoms with Crippen LogP contribution < -0.4 is 10.6 Å². The van der Waals surface area contributed by atoms with Crippen LogP contribution in [0.2, 0.25) is 0 Å². The van der Waals surface area contributed by atoms with Crippen LogP contribution in [0.3, 0.4) is 0 Å². The number of esters is 1. The van der Waals surface area contributed by atoms with Gasteiger partial charge in [-0.1, -0.05) is 0 Å². The van der Waals surface area contributed by atoms with Gasteiger partial charge >= 0.3 is 5.97 Å². The Bertz CT molecular complexity index is 652. The molecule has 6 nitrogen and oxygen atoms in total. The number of aryl methyl sites for hydroxylation is 1. The second kappa shape index (κ2) is 8.37. The van der Waals surface area contributed by atoms with Crippen molar-refractivity contribution in [3.05, 3.63) is 15.6 Å². The molecule has 0 radical (unpaired) electrons. The van der Waals surface area contributed by atoms with E-state index in [0.29, 0.717) is 11.5 Å². The monoisotopic (exact) mass is 378 g/mol. The smallest absolute Gasteiger partial charge is 0.350 e. The van der Waals surface area contributed by atoms with E-state index in [9.17, 15) is 4.79 Å². The number of ether oxygens (including phenoxy) is 1. The number of nitrogens with zero attached hydrogens (tertiary/aromatic N) is 2. The van der Waals surface area contributed by atoms with Crippen molar-refractivity contribution in [2.45, 2.75) is 52.5 Å². The molecule has 1 heterocycles. The Kier molecular flexibility index (Phi) is 6.16. The molecule has 144 valence electrons. The van der Waals surface area contributed by atoms with E-state index < -0.39 is 0 Å². The molecule has 0 saturated heterocycles. The summed E-state index contributed by atoms with van der Waals surface area (Å²) in [4.78, 5) is 21.5. The Balaban J connectivity index is 1.56. The third-order valence-electron chi connectivity index (χ3n) is 5.18. The maximum Gasteiger partial charge on any atom is 0.350 e. The largest absolute Gasteiger partial charge is 0.462 e. The first-order chi connectivity index (χ1) is 12.5. The Hall–Kier alpha value is -1.63. The summed E-state index contributed by atoms with van der Waals surface area (Å²) in [7, 11) is 1.79. The molecule has 3 rings (SSSR count). The summed E-state index contributed by atoms with van der Waals surface area (Å²) >= 11 is 1.39. The van der Waals surface area contributed by atoms with E-state index in [2.05, 4.69) is 20.6 Å². The van der Waals surface area contributed by atoms with E-state index >= 15 is 0 Å². The Morgan fingerprint density at radius 2 is 2.00 bits per heavy atom. The van der Waals surface area contributed by atoms with Gasteiger partial charge in [0.25, 0.3) is 0 Å². The molecule has 2 fully saturated rings. The van der Waals surface area contributed by atoms with Gasteiger partial charge in [0.15, 0.2) is 5.96 Å². The molecule has 2 saturated carbocycles. The number of carbonyl (C=O) groups excluding carboxylic acids is 1. The molecule has 2 N–H and O–H groups in total. The fourth-order valence-electron chi connectivity index (χ4n) is 3.43. The highest BCUT2D eigenvalue weighted by Crippen LogP contribution is 2.48. The third-order valence-corrected chi connectivity index (χ3v) is 6.50. The Morgan fingerprint density at radius 3 is 2.54 bits per heavy atom. The fraction of sp³-hybridized carbons (Fsp3) is 0.737. The topological polar surface area (TPSA) is 75.6 Å². The van der Waals surface area contributed by atoms with Crippen molar-refractivity contribution in [2.24, 2.45) is 22.7 Å². The molecule has 0 amide bonds. The fourth-order valence-corrected chi connectivity index (χ4v) is 4.39. The first kappa shape index (κ1) is 19.1. The number of rotatable bonds is 8. The average Bonchev–Trinajstić information content (AvgIpc) is 3.53. The highest BCUT2D eigenvalue weighted by Gasteiger charge is 2.41. The minimum atomic E-state index is -0.292. The van der Waals surface area contributed by atoms with Gasteiger partial charge in [0.05, 0.1) is 18.3 Å². The highest BCUT2D eigenvalue weighted by atomic mass is 32.1. The lowest BCUT2D eigenvalue weighted by Gasteiger charge is -2.20. The first-order valence-electron chi connectivity index (χ1n) is 9.65. The van der Waals surface area contributed by atoms with Crippen LogP contribution in [0.15, 0.2) is 4.99 Å². The van der Waals surface area contributed by atoms with Crippen LogP contribution in [0, 0.1) is 24.7 Å². The Labute approximate surface area is 159 Å². The normalized spacial score (nSPS) is 18.7. The van der Waals surface area contributed by atoms with Crippen molar-refractivity contribution in [3.8, 4) is 0 Å². The number of hydrogen-bond acceptors (Lipinski definition) is 5. The van der Waals surface area contributed by atoms with Gasteiger partial charge in [-0.15, -0.1) is 11.3 Å². The zero-order valence-corrected chi connectivity index (χ0v) is 17.0. The van der Waals surface area contributed by atoms with E-state index in [-0.39, 0.29) is 12.0 Å². The van der Waals surface area contributed by atoms with Gasteiger partial charge in [-0.2, -0.15) is 0 Å². The molecule has 0 aromatic carbocycles. The molecule has 1 aromatic rings. The van der Waals surface area contributed by atoms with Crippen LogP contribution in [-0.2, 0) is 4.74 Å². The second-order valence-corrected chi connectivity index (χ2v) is 8.38. The van der Waals surface area contributed by atoms with Crippen LogP contribution in [0.4, 0.5) is 0 Å². The highest BCUT2D eigenvalue weighted by molar-refractivity contribution is 7.13. The van der Waals surface area contributed by atoms with Gasteiger partial charge in [-0.3, -0.25) is 4.99 Å². The number of thiazole rings is 1. The molecule has 0 aliphatic heterocycles. The van der Waals surface area contributed by atoms with Crippen LogP contribution in [0.1, 0.15) is 65.9 Å². The van der Waals surface area contributed by atoms with Gasteiger partial charge in [-0.05, 0) is 64.2 Å². The predicted octanol–water partition coefficient (Wildman–Crippen LogP) is 3.29. The second-order valence-electron chi connectivity index (χ2n) is 7.34. The zero-order chi connectivity index (χ0) is 18.7. The zero-order valence-electron chi connectivity index (χ0n) is 16.2. The van der Waals surface area contributed by atoms with Crippen molar-refractivity contribution in [2.75, 3.05) is 20.2 Å². The molecule has 7 heteroatoms. The molecule has 0 bridgehead atoms. The van der Waals surface area contributed by atoms with E-state index in [1.807, 2.05) is 20.8 Å². The number of aliphatic imine (C=N–C) groups is 1. The van der Waals surface area contributed by atoms with Gasteiger partial charge in [-0.25, -0.2) is 9.78 Å². The third kappa shape index (κ3) is 4.75. The summed E-state index contributed by atoms with van der Waals surface area (Å²) in [6.45, 7) is 7.07. The van der Waals surface area contributed by atoms with Crippen molar-refractivity contribution in [3.63, 3.8) is 0 Å². The van der Waals surface area contributed by atoms with Crippen molar-refractivity contribution in [1.29, 1.82) is 0 Å². The Morgan fingerprint density at radius 1 is 1.35 bits per heavy atom. The molecule has 0 spiro atoms. The maximum absolute atomic E-state index is 12.0.